The number of hydrogen-bond donors (Lipinski definition) is 0. The van der Waals surface area contributed by atoms with Gasteiger partial charge >= 0.3 is 11.9 Å². The van der Waals surface area contributed by atoms with Crippen molar-refractivity contribution < 1.29 is 38.0 Å². The second kappa shape index (κ2) is 17.6. The topological polar surface area (TPSA) is 96.0 Å². The third-order valence-corrected chi connectivity index (χ3v) is 10.1. The molecule has 0 heterocycles. The maximum Gasteiger partial charge on any atom is 0.419 e. The van der Waals surface area contributed by atoms with Crippen LogP contribution < -0.4 is 18.9 Å². The summed E-state index contributed by atoms with van der Waals surface area (Å²) in [4.78, 5) is 31.9. The van der Waals surface area contributed by atoms with E-state index in [-0.39, 0.29) is 26.1 Å². The smallest absolute Gasteiger partial charge is 0.419 e. The van der Waals surface area contributed by atoms with Crippen molar-refractivity contribution in [2.75, 3.05) is 55.6 Å². The zero-order chi connectivity index (χ0) is 39.7. The Morgan fingerprint density at radius 3 is 1.20 bits per heavy atom. The predicted octanol–water partition coefficient (Wildman–Crippen LogP) is 8.16. The molecule has 0 bridgehead atoms. The Morgan fingerprint density at radius 1 is 0.482 bits per heavy atom. The van der Waals surface area contributed by atoms with Gasteiger partial charge in [-0.15, -0.1) is 0 Å². The van der Waals surface area contributed by atoms with E-state index in [9.17, 15) is 9.59 Å². The van der Waals surface area contributed by atoms with Gasteiger partial charge in [-0.3, -0.25) is 9.80 Å². The van der Waals surface area contributed by atoms with Gasteiger partial charge in [-0.05, 0) is 99.6 Å². The summed E-state index contributed by atoms with van der Waals surface area (Å²) in [6.07, 6.45) is 0.343. The van der Waals surface area contributed by atoms with Gasteiger partial charge in [0.1, 0.15) is 23.0 Å². The molecule has 6 rings (SSSR count). The number of carbonyl (C=O) groups excluding carboxylic acids is 2. The molecule has 0 aliphatic carbocycles. The van der Waals surface area contributed by atoms with Gasteiger partial charge in [0.2, 0.25) is 0 Å². The lowest BCUT2D eigenvalue weighted by atomic mass is 9.97. The number of ether oxygens (including phenoxy) is 6. The van der Waals surface area contributed by atoms with Crippen LogP contribution in [0.1, 0.15) is 24.0 Å². The summed E-state index contributed by atoms with van der Waals surface area (Å²) in [6, 6.07) is 42.0. The molecule has 0 aromatic heterocycles. The van der Waals surface area contributed by atoms with Crippen molar-refractivity contribution in [2.24, 2.45) is 0 Å². The van der Waals surface area contributed by atoms with Crippen LogP contribution in [0.5, 0.6) is 23.0 Å². The van der Waals surface area contributed by atoms with Crippen molar-refractivity contribution in [1.29, 1.82) is 0 Å². The highest BCUT2D eigenvalue weighted by molar-refractivity contribution is 6.30. The highest BCUT2D eigenvalue weighted by Crippen LogP contribution is 2.37. The molecule has 290 valence electrons. The lowest BCUT2D eigenvalue weighted by molar-refractivity contribution is -0.212. The van der Waals surface area contributed by atoms with E-state index >= 15 is 0 Å². The second-order valence-corrected chi connectivity index (χ2v) is 13.7. The van der Waals surface area contributed by atoms with Gasteiger partial charge < -0.3 is 28.4 Å². The predicted molar refractivity (Wildman–Crippen MR) is 217 cm³/mol. The fourth-order valence-corrected chi connectivity index (χ4v) is 6.99. The van der Waals surface area contributed by atoms with Gasteiger partial charge in [-0.2, -0.15) is 0 Å². The molecule has 0 aliphatic rings. The van der Waals surface area contributed by atoms with Gasteiger partial charge in [0.05, 0.1) is 27.4 Å². The summed E-state index contributed by atoms with van der Waals surface area (Å²) < 4.78 is 36.1. The normalized spacial score (nSPS) is 13.5. The first-order chi connectivity index (χ1) is 27.1. The maximum atomic E-state index is 14.2. The zero-order valence-corrected chi connectivity index (χ0v) is 32.7. The molecule has 10 heteroatoms. The maximum absolute atomic E-state index is 14.2. The van der Waals surface area contributed by atoms with Crippen LogP contribution in [0.3, 0.4) is 0 Å². The molecule has 6 aromatic carbocycles. The highest BCUT2D eigenvalue weighted by Gasteiger charge is 2.45. The molecule has 0 aliphatic heterocycles. The summed E-state index contributed by atoms with van der Waals surface area (Å²) in [7, 11) is 10.3. The number of rotatable bonds is 16. The molecule has 2 atom stereocenters. The average Bonchev–Trinajstić information content (AvgIpc) is 3.22. The van der Waals surface area contributed by atoms with Crippen molar-refractivity contribution in [3.8, 4) is 23.0 Å². The Bertz CT molecular complexity index is 2090. The van der Waals surface area contributed by atoms with Gasteiger partial charge in [0.15, 0.2) is 11.4 Å². The SMILES string of the molecule is COc1ccc(C(CCOc2cccc3ccccc23)(OC(=O)C(=O)OC(CCOc2cccc3ccccc23)(c2ccc(OC)cc2)N(C)C)N(C)C)cc1. The van der Waals surface area contributed by atoms with E-state index in [1.54, 1.807) is 76.5 Å². The zero-order valence-electron chi connectivity index (χ0n) is 32.7. The van der Waals surface area contributed by atoms with Crippen LogP contribution in [0, 0.1) is 0 Å². The van der Waals surface area contributed by atoms with Crippen LogP contribution in [0.25, 0.3) is 21.5 Å². The highest BCUT2D eigenvalue weighted by atomic mass is 16.6. The van der Waals surface area contributed by atoms with Crippen LogP contribution in [0.4, 0.5) is 0 Å². The lowest BCUT2D eigenvalue weighted by Gasteiger charge is -2.41. The van der Waals surface area contributed by atoms with Crippen LogP contribution in [0.2, 0.25) is 0 Å². The second-order valence-electron chi connectivity index (χ2n) is 13.7. The molecule has 2 unspecified atom stereocenters. The fourth-order valence-electron chi connectivity index (χ4n) is 6.99. The van der Waals surface area contributed by atoms with Crippen molar-refractivity contribution >= 4 is 33.5 Å². The van der Waals surface area contributed by atoms with E-state index in [4.69, 9.17) is 28.4 Å². The molecule has 6 aromatic rings. The summed E-state index contributed by atoms with van der Waals surface area (Å²) in [5.41, 5.74) is -1.65. The molecular formula is C46H48N2O8. The largest absolute Gasteiger partial charge is 0.497 e. The lowest BCUT2D eigenvalue weighted by Crippen LogP contribution is -2.51. The number of benzene rings is 6. The Kier molecular flexibility index (Phi) is 12.4. The van der Waals surface area contributed by atoms with Crippen LogP contribution in [0.15, 0.2) is 133 Å². The quantitative estimate of drug-likeness (QED) is 0.0547. The number of nitrogens with zero attached hydrogens (tertiary/aromatic N) is 2. The van der Waals surface area contributed by atoms with Gasteiger partial charge in [-0.25, -0.2) is 9.59 Å². The van der Waals surface area contributed by atoms with Crippen LogP contribution >= 0.6 is 0 Å². The molecule has 10 nitrogen and oxygen atoms in total. The Morgan fingerprint density at radius 2 is 0.839 bits per heavy atom. The van der Waals surface area contributed by atoms with Crippen molar-refractivity contribution in [2.45, 2.75) is 24.3 Å². The molecule has 0 saturated carbocycles. The molecule has 56 heavy (non-hydrogen) atoms. The van der Waals surface area contributed by atoms with Gasteiger partial charge in [-0.1, -0.05) is 72.8 Å². The molecule has 0 amide bonds. The summed E-state index contributed by atoms with van der Waals surface area (Å²) in [6.45, 7) is 0.305. The Labute approximate surface area is 328 Å². The molecule has 0 saturated heterocycles. The molecular weight excluding hydrogens is 709 g/mol. The van der Waals surface area contributed by atoms with E-state index in [0.717, 1.165) is 21.5 Å². The number of fused-ring (bicyclic) bond motifs is 2. The third kappa shape index (κ3) is 8.41. The first kappa shape index (κ1) is 39.6. The number of hydrogen-bond acceptors (Lipinski definition) is 10. The number of methoxy groups -OCH3 is 2. The first-order valence-corrected chi connectivity index (χ1v) is 18.4. The van der Waals surface area contributed by atoms with E-state index in [1.165, 1.54) is 0 Å². The summed E-state index contributed by atoms with van der Waals surface area (Å²) in [5.74, 6) is 0.290. The molecule has 0 radical (unpaired) electrons. The minimum atomic E-state index is -1.44. The minimum absolute atomic E-state index is 0.152. The molecule has 0 N–H and O–H groups in total. The van der Waals surface area contributed by atoms with Crippen LogP contribution in [-0.4, -0.2) is 77.4 Å². The molecule has 0 fully saturated rings. The Balaban J connectivity index is 1.29. The number of esters is 2. The van der Waals surface area contributed by atoms with E-state index in [1.807, 2.05) is 109 Å². The summed E-state index contributed by atoms with van der Waals surface area (Å²) in [5, 5.41) is 3.99. The van der Waals surface area contributed by atoms with E-state index < -0.39 is 23.4 Å². The van der Waals surface area contributed by atoms with Crippen molar-refractivity contribution in [3.05, 3.63) is 145 Å². The van der Waals surface area contributed by atoms with Gasteiger partial charge in [0.25, 0.3) is 0 Å². The van der Waals surface area contributed by atoms with Crippen molar-refractivity contribution in [1.82, 2.24) is 9.80 Å². The standard InChI is InChI=1S/C46H48N2O8/c1-47(2)45(35-21-25-37(51-5)26-22-35,29-31-53-41-19-11-15-33-13-7-9-17-39(33)41)55-43(49)44(50)56-46(48(3)4,36-23-27-38(52-6)28-24-36)30-32-54-42-20-12-16-34-14-8-10-18-40(34)42/h7-28H,29-32H2,1-6H3. The monoisotopic (exact) mass is 756 g/mol. The number of carbonyl (C=O) groups is 2. The third-order valence-electron chi connectivity index (χ3n) is 10.1. The van der Waals surface area contributed by atoms with E-state index in [0.29, 0.717) is 34.1 Å². The molecule has 0 spiro atoms. The Hall–Kier alpha value is -6.10. The first-order valence-electron chi connectivity index (χ1n) is 18.4. The average molecular weight is 757 g/mol. The van der Waals surface area contributed by atoms with E-state index in [2.05, 4.69) is 0 Å². The van der Waals surface area contributed by atoms with Crippen LogP contribution in [-0.2, 0) is 30.5 Å². The fraction of sp³-hybridized carbons (Fsp3) is 0.261. The van der Waals surface area contributed by atoms with Gasteiger partial charge in [0, 0.05) is 34.7 Å². The minimum Gasteiger partial charge on any atom is -0.497 e. The summed E-state index contributed by atoms with van der Waals surface area (Å²) >= 11 is 0. The van der Waals surface area contributed by atoms with Crippen molar-refractivity contribution in [3.63, 3.8) is 0 Å².